The highest BCUT2D eigenvalue weighted by Crippen LogP contribution is 2.16. The number of benzene rings is 1. The quantitative estimate of drug-likeness (QED) is 0.836. The van der Waals surface area contributed by atoms with Crippen LogP contribution in [0, 0.1) is 0 Å². The summed E-state index contributed by atoms with van der Waals surface area (Å²) in [6.45, 7) is 0. The molecule has 0 saturated heterocycles. The van der Waals surface area contributed by atoms with Gasteiger partial charge in [0.25, 0.3) is 0 Å². The Morgan fingerprint density at radius 2 is 2.07 bits per heavy atom. The van der Waals surface area contributed by atoms with Crippen molar-refractivity contribution in [2.24, 2.45) is 0 Å². The predicted molar refractivity (Wildman–Crippen MR) is 59.4 cm³/mol. The Bertz CT molecular complexity index is 577. The highest BCUT2D eigenvalue weighted by molar-refractivity contribution is 8.13. The monoisotopic (exact) mass is 244 g/mol. The van der Waals surface area contributed by atoms with Crippen molar-refractivity contribution in [1.29, 1.82) is 0 Å². The van der Waals surface area contributed by atoms with Crippen LogP contribution in [0.25, 0.3) is 10.9 Å². The van der Waals surface area contributed by atoms with Crippen LogP contribution >= 0.6 is 10.7 Å². The number of hydrogen-bond donors (Lipinski definition) is 1. The van der Waals surface area contributed by atoms with Gasteiger partial charge in [0.05, 0.1) is 11.3 Å². The van der Waals surface area contributed by atoms with E-state index >= 15 is 0 Å². The van der Waals surface area contributed by atoms with Gasteiger partial charge in [0.1, 0.15) is 0 Å². The summed E-state index contributed by atoms with van der Waals surface area (Å²) >= 11 is 0. The normalized spacial score (nSPS) is 12.1. The van der Waals surface area contributed by atoms with Crippen LogP contribution in [0.4, 0.5) is 0 Å². The smallest absolute Gasteiger partial charge is 0.232 e. The average Bonchev–Trinajstić information content (AvgIpc) is 2.57. The number of aromatic nitrogens is 2. The van der Waals surface area contributed by atoms with Crippen molar-refractivity contribution in [3.05, 3.63) is 30.0 Å². The molecular weight excluding hydrogens is 236 g/mol. The molecule has 0 saturated carbocycles. The molecule has 0 atom stereocenters. The van der Waals surface area contributed by atoms with Crippen LogP contribution < -0.4 is 0 Å². The molecule has 1 N–H and O–H groups in total. The van der Waals surface area contributed by atoms with E-state index in [2.05, 4.69) is 10.2 Å². The summed E-state index contributed by atoms with van der Waals surface area (Å²) in [6.07, 6.45) is 0.354. The van der Waals surface area contributed by atoms with Crippen LogP contribution in [0.5, 0.6) is 0 Å². The number of aryl methyl sites for hydroxylation is 1. The lowest BCUT2D eigenvalue weighted by molar-refractivity contribution is 0.608. The van der Waals surface area contributed by atoms with Crippen molar-refractivity contribution in [2.45, 2.75) is 6.42 Å². The third-order valence-corrected chi connectivity index (χ3v) is 3.29. The van der Waals surface area contributed by atoms with Gasteiger partial charge in [-0.15, -0.1) is 0 Å². The molecule has 0 aliphatic carbocycles. The molecule has 6 heteroatoms. The van der Waals surface area contributed by atoms with Crippen molar-refractivity contribution in [2.75, 3.05) is 5.75 Å². The number of fused-ring (bicyclic) bond motifs is 1. The molecule has 1 aromatic carbocycles. The largest absolute Gasteiger partial charge is 0.281 e. The van der Waals surface area contributed by atoms with E-state index in [0.717, 1.165) is 16.6 Å². The first kappa shape index (κ1) is 10.4. The van der Waals surface area contributed by atoms with Gasteiger partial charge >= 0.3 is 0 Å². The summed E-state index contributed by atoms with van der Waals surface area (Å²) in [5.74, 6) is -0.0826. The minimum atomic E-state index is -3.44. The van der Waals surface area contributed by atoms with E-state index in [4.69, 9.17) is 10.7 Å². The number of para-hydroxylation sites is 1. The van der Waals surface area contributed by atoms with E-state index < -0.39 is 9.05 Å². The molecule has 1 heterocycles. The van der Waals surface area contributed by atoms with Gasteiger partial charge in [-0.1, -0.05) is 18.2 Å². The van der Waals surface area contributed by atoms with Crippen molar-refractivity contribution in [3.63, 3.8) is 0 Å². The SMILES string of the molecule is O=S(=O)(Cl)CCc1[nH]nc2ccccc12. The molecule has 0 spiro atoms. The Morgan fingerprint density at radius 3 is 2.80 bits per heavy atom. The number of nitrogens with zero attached hydrogens (tertiary/aromatic N) is 1. The second-order valence-electron chi connectivity index (χ2n) is 3.21. The number of rotatable bonds is 3. The summed E-state index contributed by atoms with van der Waals surface area (Å²) in [5, 5.41) is 7.81. The lowest BCUT2D eigenvalue weighted by Crippen LogP contribution is -2.01. The lowest BCUT2D eigenvalue weighted by atomic mass is 10.2. The number of aromatic amines is 1. The van der Waals surface area contributed by atoms with Crippen LogP contribution in [-0.2, 0) is 15.5 Å². The van der Waals surface area contributed by atoms with Gasteiger partial charge in [0.15, 0.2) is 0 Å². The van der Waals surface area contributed by atoms with E-state index in [1.54, 1.807) is 0 Å². The summed E-state index contributed by atoms with van der Waals surface area (Å²) in [5.41, 5.74) is 1.63. The fourth-order valence-electron chi connectivity index (χ4n) is 1.43. The molecule has 0 bridgehead atoms. The van der Waals surface area contributed by atoms with Gasteiger partial charge in [-0.2, -0.15) is 5.10 Å². The van der Waals surface area contributed by atoms with Crippen LogP contribution in [0.1, 0.15) is 5.69 Å². The zero-order valence-corrected chi connectivity index (χ0v) is 9.35. The van der Waals surface area contributed by atoms with Crippen LogP contribution in [0.3, 0.4) is 0 Å². The standard InChI is InChI=1S/C9H9ClN2O2S/c10-15(13,14)6-5-9-7-3-1-2-4-8(7)11-12-9/h1-4H,5-6H2,(H,11,12). The van der Waals surface area contributed by atoms with Crippen LogP contribution in [0.2, 0.25) is 0 Å². The number of H-pyrrole nitrogens is 1. The van der Waals surface area contributed by atoms with Crippen molar-refractivity contribution < 1.29 is 8.42 Å². The van der Waals surface area contributed by atoms with E-state index in [0.29, 0.717) is 6.42 Å². The van der Waals surface area contributed by atoms with E-state index in [9.17, 15) is 8.42 Å². The highest BCUT2D eigenvalue weighted by atomic mass is 35.7. The highest BCUT2D eigenvalue weighted by Gasteiger charge is 2.09. The predicted octanol–water partition coefficient (Wildman–Crippen LogP) is 1.67. The van der Waals surface area contributed by atoms with Crippen molar-refractivity contribution >= 4 is 30.6 Å². The van der Waals surface area contributed by atoms with Gasteiger partial charge in [-0.25, -0.2) is 8.42 Å². The van der Waals surface area contributed by atoms with E-state index in [1.807, 2.05) is 24.3 Å². The fourth-order valence-corrected chi connectivity index (χ4v) is 2.11. The maximum absolute atomic E-state index is 10.8. The molecule has 0 aliphatic rings. The minimum Gasteiger partial charge on any atom is -0.281 e. The molecule has 0 amide bonds. The average molecular weight is 245 g/mol. The molecule has 1 aromatic heterocycles. The van der Waals surface area contributed by atoms with Gasteiger partial charge in [0, 0.05) is 28.2 Å². The van der Waals surface area contributed by atoms with Gasteiger partial charge in [-0.05, 0) is 6.07 Å². The van der Waals surface area contributed by atoms with Crippen molar-refractivity contribution in [3.8, 4) is 0 Å². The Hall–Kier alpha value is -1.07. The molecule has 4 nitrogen and oxygen atoms in total. The first-order chi connectivity index (χ1) is 7.06. The first-order valence-corrected chi connectivity index (χ1v) is 6.88. The number of nitrogens with one attached hydrogen (secondary N) is 1. The van der Waals surface area contributed by atoms with Gasteiger partial charge in [-0.3, -0.25) is 5.10 Å². The van der Waals surface area contributed by atoms with E-state index in [-0.39, 0.29) is 5.75 Å². The summed E-state index contributed by atoms with van der Waals surface area (Å²) < 4.78 is 21.6. The zero-order chi connectivity index (χ0) is 10.9. The lowest BCUT2D eigenvalue weighted by Gasteiger charge is -1.95. The summed E-state index contributed by atoms with van der Waals surface area (Å²) in [7, 11) is 1.69. The van der Waals surface area contributed by atoms with Crippen LogP contribution in [0.15, 0.2) is 24.3 Å². The molecule has 0 radical (unpaired) electrons. The molecule has 2 aromatic rings. The summed E-state index contributed by atoms with van der Waals surface area (Å²) in [4.78, 5) is 0. The molecule has 0 fully saturated rings. The van der Waals surface area contributed by atoms with Crippen LogP contribution in [-0.4, -0.2) is 24.4 Å². The maximum Gasteiger partial charge on any atom is 0.232 e. The Kier molecular flexibility index (Phi) is 2.67. The Morgan fingerprint density at radius 1 is 1.33 bits per heavy atom. The topological polar surface area (TPSA) is 62.8 Å². The second kappa shape index (κ2) is 3.83. The van der Waals surface area contributed by atoms with E-state index in [1.165, 1.54) is 0 Å². The summed E-state index contributed by atoms with van der Waals surface area (Å²) in [6, 6.07) is 7.53. The molecular formula is C9H9ClN2O2S. The molecule has 0 unspecified atom stereocenters. The molecule has 80 valence electrons. The van der Waals surface area contributed by atoms with Crippen molar-refractivity contribution in [1.82, 2.24) is 10.2 Å². The van der Waals surface area contributed by atoms with Gasteiger partial charge < -0.3 is 0 Å². The van der Waals surface area contributed by atoms with Gasteiger partial charge in [0.2, 0.25) is 9.05 Å². The Balaban J connectivity index is 2.29. The second-order valence-corrected chi connectivity index (χ2v) is 6.11. The number of hydrogen-bond acceptors (Lipinski definition) is 3. The third-order valence-electron chi connectivity index (χ3n) is 2.14. The fraction of sp³-hybridized carbons (Fsp3) is 0.222. The third kappa shape index (κ3) is 2.49. The molecule has 2 rings (SSSR count). The minimum absolute atomic E-state index is 0.0826. The number of halogens is 1. The molecule has 0 aliphatic heterocycles. The zero-order valence-electron chi connectivity index (χ0n) is 7.77. The first-order valence-electron chi connectivity index (χ1n) is 4.40. The Labute approximate surface area is 91.7 Å². The maximum atomic E-state index is 10.8. The molecule has 15 heavy (non-hydrogen) atoms.